The van der Waals surface area contributed by atoms with Gasteiger partial charge < -0.3 is 28.5 Å². The van der Waals surface area contributed by atoms with Crippen molar-refractivity contribution in [3.63, 3.8) is 0 Å². The fourth-order valence-electron chi connectivity index (χ4n) is 2.59. The maximum atomic E-state index is 13.6. The molecule has 7 nitrogen and oxygen atoms in total. The largest absolute Gasteiger partial charge is 0.546 e. The standard InChI is InChI=1S/C20H15F3O7/c1-2-27-13-5-3-4-6-14(13)29-18-17(26)12-8-7-11(28-10-16(24)25)9-15(12)30-19(18)20(21,22)23/h3-9H,2,10H2,1H3,(H,24,25)/p-1. The zero-order valence-electron chi connectivity index (χ0n) is 15.4. The third kappa shape index (κ3) is 4.48. The maximum Gasteiger partial charge on any atom is 0.453 e. The minimum Gasteiger partial charge on any atom is -0.546 e. The number of ether oxygens (including phenoxy) is 3. The zero-order valence-corrected chi connectivity index (χ0v) is 15.4. The average Bonchev–Trinajstić information content (AvgIpc) is 2.69. The van der Waals surface area contributed by atoms with E-state index in [1.54, 1.807) is 13.0 Å². The summed E-state index contributed by atoms with van der Waals surface area (Å²) in [6.07, 6.45) is -5.05. The Morgan fingerprint density at radius 1 is 1.10 bits per heavy atom. The molecular weight excluding hydrogens is 409 g/mol. The molecular formula is C20H14F3O7-. The Hall–Kier alpha value is -3.69. The van der Waals surface area contributed by atoms with E-state index in [2.05, 4.69) is 0 Å². The van der Waals surface area contributed by atoms with Crippen LogP contribution in [0, 0.1) is 0 Å². The van der Waals surface area contributed by atoms with Gasteiger partial charge in [0, 0.05) is 6.07 Å². The molecule has 0 aliphatic rings. The van der Waals surface area contributed by atoms with Gasteiger partial charge in [0.25, 0.3) is 5.76 Å². The van der Waals surface area contributed by atoms with Gasteiger partial charge in [-0.05, 0) is 31.2 Å². The average molecular weight is 423 g/mol. The Kier molecular flexibility index (Phi) is 5.86. The van der Waals surface area contributed by atoms with Gasteiger partial charge in [-0.25, -0.2) is 0 Å². The Labute approximate surface area is 167 Å². The first-order valence-corrected chi connectivity index (χ1v) is 8.61. The van der Waals surface area contributed by atoms with Crippen molar-refractivity contribution < 1.29 is 41.7 Å². The van der Waals surface area contributed by atoms with Crippen molar-refractivity contribution in [2.24, 2.45) is 0 Å². The van der Waals surface area contributed by atoms with E-state index < -0.39 is 41.3 Å². The Morgan fingerprint density at radius 3 is 2.43 bits per heavy atom. The SMILES string of the molecule is CCOc1ccccc1Oc1c(C(F)(F)F)oc2cc(OCC(=O)[O-])ccc2c1=O. The number of carbonyl (C=O) groups is 1. The van der Waals surface area contributed by atoms with E-state index in [1.165, 1.54) is 24.3 Å². The van der Waals surface area contributed by atoms with Crippen LogP contribution in [0.2, 0.25) is 0 Å². The van der Waals surface area contributed by atoms with E-state index in [0.29, 0.717) is 0 Å². The molecule has 0 radical (unpaired) electrons. The molecule has 158 valence electrons. The van der Waals surface area contributed by atoms with Crippen molar-refractivity contribution in [3.8, 4) is 23.0 Å². The van der Waals surface area contributed by atoms with Gasteiger partial charge in [-0.1, -0.05) is 12.1 Å². The van der Waals surface area contributed by atoms with E-state index in [0.717, 1.165) is 12.1 Å². The van der Waals surface area contributed by atoms with Gasteiger partial charge in [-0.3, -0.25) is 4.79 Å². The Balaban J connectivity index is 2.14. The second-order valence-corrected chi connectivity index (χ2v) is 5.89. The molecule has 0 spiro atoms. The van der Waals surface area contributed by atoms with Gasteiger partial charge in [0.1, 0.15) is 17.9 Å². The van der Waals surface area contributed by atoms with Crippen LogP contribution >= 0.6 is 0 Å². The molecule has 0 aliphatic carbocycles. The molecule has 1 heterocycles. The van der Waals surface area contributed by atoms with Crippen molar-refractivity contribution in [1.82, 2.24) is 0 Å². The van der Waals surface area contributed by atoms with Crippen LogP contribution in [0.5, 0.6) is 23.0 Å². The van der Waals surface area contributed by atoms with Crippen molar-refractivity contribution in [3.05, 3.63) is 58.4 Å². The highest BCUT2D eigenvalue weighted by molar-refractivity contribution is 5.80. The molecule has 0 fully saturated rings. The fraction of sp³-hybridized carbons (Fsp3) is 0.200. The number of benzene rings is 2. The summed E-state index contributed by atoms with van der Waals surface area (Å²) in [6.45, 7) is 1.09. The molecule has 1 aromatic heterocycles. The fourth-order valence-corrected chi connectivity index (χ4v) is 2.59. The van der Waals surface area contributed by atoms with Crippen LogP contribution in [-0.4, -0.2) is 19.2 Å². The molecule has 0 aliphatic heterocycles. The predicted octanol–water partition coefficient (Wildman–Crippen LogP) is 3.13. The minimum absolute atomic E-state index is 0.0922. The summed E-state index contributed by atoms with van der Waals surface area (Å²) in [5, 5.41) is 10.3. The lowest BCUT2D eigenvalue weighted by Crippen LogP contribution is -2.28. The topological polar surface area (TPSA) is 98.0 Å². The molecule has 10 heteroatoms. The lowest BCUT2D eigenvalue weighted by molar-refractivity contribution is -0.307. The van der Waals surface area contributed by atoms with Crippen LogP contribution in [0.25, 0.3) is 11.0 Å². The molecule has 2 aromatic carbocycles. The van der Waals surface area contributed by atoms with Crippen molar-refractivity contribution >= 4 is 16.9 Å². The number of carboxylic acid groups (broad SMARTS) is 1. The van der Waals surface area contributed by atoms with Crippen molar-refractivity contribution in [1.29, 1.82) is 0 Å². The highest BCUT2D eigenvalue weighted by Gasteiger charge is 2.40. The monoisotopic (exact) mass is 423 g/mol. The lowest BCUT2D eigenvalue weighted by atomic mass is 10.2. The van der Waals surface area contributed by atoms with E-state index in [1.807, 2.05) is 0 Å². The Morgan fingerprint density at radius 2 is 1.80 bits per heavy atom. The van der Waals surface area contributed by atoms with E-state index in [4.69, 9.17) is 18.6 Å². The number of alkyl halides is 3. The molecule has 0 bridgehead atoms. The molecule has 30 heavy (non-hydrogen) atoms. The zero-order chi connectivity index (χ0) is 21.9. The van der Waals surface area contributed by atoms with Gasteiger partial charge in [-0.15, -0.1) is 0 Å². The molecule has 0 saturated heterocycles. The van der Waals surface area contributed by atoms with Crippen LogP contribution in [0.15, 0.2) is 51.7 Å². The maximum absolute atomic E-state index is 13.6. The molecule has 3 rings (SSSR count). The molecule has 0 N–H and O–H groups in total. The van der Waals surface area contributed by atoms with Gasteiger partial charge in [0.2, 0.25) is 11.2 Å². The van der Waals surface area contributed by atoms with Gasteiger partial charge in [-0.2, -0.15) is 13.2 Å². The predicted molar refractivity (Wildman–Crippen MR) is 95.7 cm³/mol. The van der Waals surface area contributed by atoms with Gasteiger partial charge in [0.15, 0.2) is 11.5 Å². The molecule has 3 aromatic rings. The number of para-hydroxylation sites is 2. The summed E-state index contributed by atoms with van der Waals surface area (Å²) >= 11 is 0. The van der Waals surface area contributed by atoms with Crippen LogP contribution in [0.3, 0.4) is 0 Å². The van der Waals surface area contributed by atoms with E-state index in [9.17, 15) is 27.9 Å². The number of halogens is 3. The van der Waals surface area contributed by atoms with Gasteiger partial charge in [0.05, 0.1) is 18.0 Å². The number of carboxylic acids is 1. The first-order valence-electron chi connectivity index (χ1n) is 8.61. The van der Waals surface area contributed by atoms with Crippen molar-refractivity contribution in [2.45, 2.75) is 13.1 Å². The number of rotatable bonds is 7. The second-order valence-electron chi connectivity index (χ2n) is 5.89. The third-order valence-electron chi connectivity index (χ3n) is 3.80. The summed E-state index contributed by atoms with van der Waals surface area (Å²) in [7, 11) is 0. The summed E-state index contributed by atoms with van der Waals surface area (Å²) in [5.41, 5.74) is -1.52. The van der Waals surface area contributed by atoms with Crippen LogP contribution < -0.4 is 24.7 Å². The number of carbonyl (C=O) groups excluding carboxylic acids is 1. The number of hydrogen-bond acceptors (Lipinski definition) is 7. The quantitative estimate of drug-likeness (QED) is 0.576. The third-order valence-corrected chi connectivity index (χ3v) is 3.80. The molecule has 0 atom stereocenters. The Bertz CT molecular complexity index is 1140. The number of fused-ring (bicyclic) bond motifs is 1. The summed E-state index contributed by atoms with van der Waals surface area (Å²) < 4.78 is 61.2. The normalized spacial score (nSPS) is 11.3. The van der Waals surface area contributed by atoms with Crippen LogP contribution in [0.4, 0.5) is 13.2 Å². The minimum atomic E-state index is -5.05. The number of hydrogen-bond donors (Lipinski definition) is 0. The first kappa shape index (κ1) is 21.0. The smallest absolute Gasteiger partial charge is 0.453 e. The summed E-state index contributed by atoms with van der Waals surface area (Å²) in [4.78, 5) is 23.3. The molecule has 0 saturated carbocycles. The highest BCUT2D eigenvalue weighted by Crippen LogP contribution is 2.40. The lowest BCUT2D eigenvalue weighted by Gasteiger charge is -2.15. The molecule has 0 unspecified atom stereocenters. The number of aliphatic carboxylic acids is 1. The van der Waals surface area contributed by atoms with Crippen LogP contribution in [0.1, 0.15) is 12.7 Å². The summed E-state index contributed by atoms with van der Waals surface area (Å²) in [6, 6.07) is 9.28. The second kappa shape index (κ2) is 8.36. The van der Waals surface area contributed by atoms with Crippen molar-refractivity contribution in [2.75, 3.05) is 13.2 Å². The van der Waals surface area contributed by atoms with Crippen LogP contribution in [-0.2, 0) is 11.0 Å². The first-order chi connectivity index (χ1) is 14.2. The van der Waals surface area contributed by atoms with E-state index >= 15 is 0 Å². The molecule has 0 amide bonds. The van der Waals surface area contributed by atoms with Gasteiger partial charge >= 0.3 is 6.18 Å². The summed E-state index contributed by atoms with van der Waals surface area (Å²) in [5.74, 6) is -4.28. The van der Waals surface area contributed by atoms with E-state index in [-0.39, 0.29) is 29.2 Å². The highest BCUT2D eigenvalue weighted by atomic mass is 19.4.